The number of anilines is 2. The van der Waals surface area contributed by atoms with Crippen LogP contribution < -0.4 is 15.0 Å². The molecule has 3 aromatic rings. The van der Waals surface area contributed by atoms with Gasteiger partial charge in [0.05, 0.1) is 17.9 Å². The number of rotatable bonds is 7. The van der Waals surface area contributed by atoms with Gasteiger partial charge >= 0.3 is 0 Å². The number of carbonyl (C=O) groups excluding carboxylic acids is 2. The van der Waals surface area contributed by atoms with Crippen molar-refractivity contribution in [2.75, 3.05) is 16.8 Å². The van der Waals surface area contributed by atoms with Crippen LogP contribution in [0, 0.1) is 0 Å². The number of nitrogens with zero attached hydrogens (tertiary/aromatic N) is 1. The Kier molecular flexibility index (Phi) is 6.28. The molecule has 0 atom stereocenters. The molecule has 3 aromatic carbocycles. The van der Waals surface area contributed by atoms with Gasteiger partial charge in [0.15, 0.2) is 0 Å². The summed E-state index contributed by atoms with van der Waals surface area (Å²) in [6.07, 6.45) is 0.919. The number of carbonyl (C=O) groups is 2. The zero-order chi connectivity index (χ0) is 22.7. The van der Waals surface area contributed by atoms with Gasteiger partial charge in [-0.15, -0.1) is 0 Å². The molecule has 1 aliphatic rings. The van der Waals surface area contributed by atoms with Gasteiger partial charge in [-0.3, -0.25) is 9.59 Å². The molecule has 6 heteroatoms. The molecule has 2 amide bonds. The molecule has 162 valence electrons. The normalized spacial score (nSPS) is 13.7. The lowest BCUT2D eigenvalue weighted by molar-refractivity contribution is -0.120. The predicted molar refractivity (Wildman–Crippen MR) is 128 cm³/mol. The van der Waals surface area contributed by atoms with Crippen molar-refractivity contribution < 1.29 is 14.3 Å². The lowest BCUT2D eigenvalue weighted by Crippen LogP contribution is -2.32. The summed E-state index contributed by atoms with van der Waals surface area (Å²) in [5, 5.41) is 3.71. The molecule has 0 aliphatic carbocycles. The van der Waals surface area contributed by atoms with E-state index in [-0.39, 0.29) is 5.70 Å². The molecular formula is C26H23ClN2O3. The van der Waals surface area contributed by atoms with E-state index in [1.807, 2.05) is 31.2 Å². The minimum atomic E-state index is -0.416. The molecule has 0 aromatic heterocycles. The molecular weight excluding hydrogens is 424 g/mol. The molecule has 0 unspecified atom stereocenters. The maximum Gasteiger partial charge on any atom is 0.282 e. The standard InChI is InChI=1S/C26H23ClN2O3/c1-3-17-5-11-20(12-6-17)28-24-23(18-7-15-22(16-8-18)32-4-2)25(30)29(26(24)31)21-13-9-19(27)10-14-21/h5-16,28H,3-4H2,1-2H3. The van der Waals surface area contributed by atoms with Crippen molar-refractivity contribution in [1.29, 1.82) is 0 Å². The SMILES string of the molecule is CCOc1ccc(C2=C(Nc3ccc(CC)cc3)C(=O)N(c3ccc(Cl)cc3)C2=O)cc1. The number of hydrogen-bond donors (Lipinski definition) is 1. The van der Waals surface area contributed by atoms with E-state index in [9.17, 15) is 9.59 Å². The first kappa shape index (κ1) is 21.7. The van der Waals surface area contributed by atoms with Gasteiger partial charge in [-0.1, -0.05) is 42.8 Å². The van der Waals surface area contributed by atoms with Gasteiger partial charge in [-0.05, 0) is 73.0 Å². The van der Waals surface area contributed by atoms with Crippen LogP contribution >= 0.6 is 11.6 Å². The summed E-state index contributed by atoms with van der Waals surface area (Å²) in [6, 6.07) is 21.6. The minimum Gasteiger partial charge on any atom is -0.494 e. The number of ether oxygens (including phenoxy) is 1. The Labute approximate surface area is 192 Å². The predicted octanol–water partition coefficient (Wildman–Crippen LogP) is 5.70. The Morgan fingerprint density at radius 2 is 1.50 bits per heavy atom. The highest BCUT2D eigenvalue weighted by molar-refractivity contribution is 6.46. The monoisotopic (exact) mass is 446 g/mol. The fourth-order valence-corrected chi connectivity index (χ4v) is 3.72. The van der Waals surface area contributed by atoms with E-state index in [0.717, 1.165) is 12.1 Å². The van der Waals surface area contributed by atoms with E-state index in [1.165, 1.54) is 10.5 Å². The second-order valence-electron chi connectivity index (χ2n) is 7.30. The smallest absolute Gasteiger partial charge is 0.282 e. The van der Waals surface area contributed by atoms with Crippen LogP contribution in [0.15, 0.2) is 78.5 Å². The third-order valence-electron chi connectivity index (χ3n) is 5.25. The molecule has 1 N–H and O–H groups in total. The van der Waals surface area contributed by atoms with Gasteiger partial charge in [-0.2, -0.15) is 0 Å². The number of nitrogens with one attached hydrogen (secondary N) is 1. The third kappa shape index (κ3) is 4.25. The molecule has 0 saturated heterocycles. The molecule has 0 saturated carbocycles. The molecule has 0 radical (unpaired) electrons. The number of imide groups is 1. The molecule has 1 aliphatic heterocycles. The zero-order valence-electron chi connectivity index (χ0n) is 17.9. The molecule has 32 heavy (non-hydrogen) atoms. The van der Waals surface area contributed by atoms with Gasteiger partial charge in [-0.25, -0.2) is 4.90 Å². The molecule has 0 fully saturated rings. The Bertz CT molecular complexity index is 1170. The fourth-order valence-electron chi connectivity index (χ4n) is 3.59. The summed E-state index contributed by atoms with van der Waals surface area (Å²) in [5.41, 5.74) is 3.57. The van der Waals surface area contributed by atoms with E-state index in [0.29, 0.717) is 34.2 Å². The van der Waals surface area contributed by atoms with Crippen LogP contribution in [0.5, 0.6) is 5.75 Å². The Morgan fingerprint density at radius 3 is 2.09 bits per heavy atom. The fraction of sp³-hybridized carbons (Fsp3) is 0.154. The van der Waals surface area contributed by atoms with Crippen LogP contribution in [0.3, 0.4) is 0 Å². The maximum atomic E-state index is 13.5. The quantitative estimate of drug-likeness (QED) is 0.473. The van der Waals surface area contributed by atoms with E-state index in [1.54, 1.807) is 48.5 Å². The molecule has 5 nitrogen and oxygen atoms in total. The minimum absolute atomic E-state index is 0.235. The lowest BCUT2D eigenvalue weighted by Gasteiger charge is -2.15. The van der Waals surface area contributed by atoms with Crippen molar-refractivity contribution in [2.45, 2.75) is 20.3 Å². The van der Waals surface area contributed by atoms with Gasteiger partial charge in [0.25, 0.3) is 11.8 Å². The molecule has 0 bridgehead atoms. The Balaban J connectivity index is 1.76. The number of benzene rings is 3. The van der Waals surface area contributed by atoms with Crippen LogP contribution in [0.25, 0.3) is 5.57 Å². The summed E-state index contributed by atoms with van der Waals surface area (Å²) in [5.74, 6) is -0.109. The largest absolute Gasteiger partial charge is 0.494 e. The summed E-state index contributed by atoms with van der Waals surface area (Å²) in [4.78, 5) is 28.0. The van der Waals surface area contributed by atoms with Gasteiger partial charge in [0.1, 0.15) is 11.4 Å². The third-order valence-corrected chi connectivity index (χ3v) is 5.51. The summed E-state index contributed by atoms with van der Waals surface area (Å²) < 4.78 is 5.51. The second kappa shape index (κ2) is 9.28. The van der Waals surface area contributed by atoms with Crippen LogP contribution in [0.4, 0.5) is 11.4 Å². The highest BCUT2D eigenvalue weighted by Crippen LogP contribution is 2.34. The van der Waals surface area contributed by atoms with Gasteiger partial charge in [0.2, 0.25) is 0 Å². The number of halogens is 1. The van der Waals surface area contributed by atoms with E-state index < -0.39 is 11.8 Å². The van der Waals surface area contributed by atoms with Crippen molar-refractivity contribution >= 4 is 40.4 Å². The van der Waals surface area contributed by atoms with Crippen LogP contribution in [0.2, 0.25) is 5.02 Å². The van der Waals surface area contributed by atoms with Crippen molar-refractivity contribution in [3.63, 3.8) is 0 Å². The maximum absolute atomic E-state index is 13.5. The summed E-state index contributed by atoms with van der Waals surface area (Å²) in [6.45, 7) is 4.54. The highest BCUT2D eigenvalue weighted by atomic mass is 35.5. The lowest BCUT2D eigenvalue weighted by atomic mass is 10.0. The average Bonchev–Trinajstić information content (AvgIpc) is 3.05. The van der Waals surface area contributed by atoms with E-state index >= 15 is 0 Å². The topological polar surface area (TPSA) is 58.6 Å². The zero-order valence-corrected chi connectivity index (χ0v) is 18.6. The van der Waals surface area contributed by atoms with Crippen molar-refractivity contribution in [2.24, 2.45) is 0 Å². The summed E-state index contributed by atoms with van der Waals surface area (Å²) >= 11 is 5.99. The Morgan fingerprint density at radius 1 is 0.844 bits per heavy atom. The van der Waals surface area contributed by atoms with Crippen molar-refractivity contribution in [3.05, 3.63) is 94.6 Å². The molecule has 1 heterocycles. The van der Waals surface area contributed by atoms with E-state index in [2.05, 4.69) is 12.2 Å². The first-order valence-corrected chi connectivity index (χ1v) is 10.9. The number of amides is 2. The number of aryl methyl sites for hydroxylation is 1. The Hall–Kier alpha value is -3.57. The van der Waals surface area contributed by atoms with Crippen molar-refractivity contribution in [1.82, 2.24) is 0 Å². The van der Waals surface area contributed by atoms with Crippen LogP contribution in [-0.2, 0) is 16.0 Å². The van der Waals surface area contributed by atoms with Crippen molar-refractivity contribution in [3.8, 4) is 5.75 Å². The molecule has 0 spiro atoms. The first-order chi connectivity index (χ1) is 15.5. The summed E-state index contributed by atoms with van der Waals surface area (Å²) in [7, 11) is 0. The second-order valence-corrected chi connectivity index (χ2v) is 7.74. The number of hydrogen-bond acceptors (Lipinski definition) is 4. The van der Waals surface area contributed by atoms with Gasteiger partial charge in [0, 0.05) is 10.7 Å². The van der Waals surface area contributed by atoms with Crippen LogP contribution in [0.1, 0.15) is 25.0 Å². The average molecular weight is 447 g/mol. The van der Waals surface area contributed by atoms with Gasteiger partial charge < -0.3 is 10.1 Å². The first-order valence-electron chi connectivity index (χ1n) is 10.5. The highest BCUT2D eigenvalue weighted by Gasteiger charge is 2.40. The molecule has 4 rings (SSSR count). The van der Waals surface area contributed by atoms with Crippen LogP contribution in [-0.4, -0.2) is 18.4 Å². The van der Waals surface area contributed by atoms with E-state index in [4.69, 9.17) is 16.3 Å².